The van der Waals surface area contributed by atoms with Crippen molar-refractivity contribution in [2.24, 2.45) is 0 Å². The summed E-state index contributed by atoms with van der Waals surface area (Å²) in [6.07, 6.45) is 1.85. The normalized spacial score (nSPS) is 11.0. The molecule has 1 aromatic heterocycles. The van der Waals surface area contributed by atoms with Gasteiger partial charge in [0.2, 0.25) is 0 Å². The van der Waals surface area contributed by atoms with Crippen molar-refractivity contribution in [3.05, 3.63) is 128 Å². The van der Waals surface area contributed by atoms with Crippen molar-refractivity contribution in [3.63, 3.8) is 0 Å². The molecule has 2 nitrogen and oxygen atoms in total. The fraction of sp³-hybridized carbons (Fsp3) is 0. The topological polar surface area (TPSA) is 22.1 Å². The van der Waals surface area contributed by atoms with Crippen LogP contribution in [0, 0.1) is 0 Å². The highest BCUT2D eigenvalue weighted by molar-refractivity contribution is 6.15. The van der Waals surface area contributed by atoms with Crippen LogP contribution in [0.25, 0.3) is 43.9 Å². The van der Waals surface area contributed by atoms with Crippen LogP contribution in [0.5, 0.6) is 11.5 Å². The van der Waals surface area contributed by atoms with Gasteiger partial charge >= 0.3 is 0 Å². The van der Waals surface area contributed by atoms with Crippen LogP contribution in [0.4, 0.5) is 0 Å². The zero-order chi connectivity index (χ0) is 22.0. The Morgan fingerprint density at radius 3 is 1.76 bits per heavy atom. The summed E-state index contributed by atoms with van der Waals surface area (Å²) in [5, 5.41) is 3.21. The molecule has 0 atom stereocenters. The maximum atomic E-state index is 6.55. The van der Waals surface area contributed by atoms with Gasteiger partial charge in [-0.1, -0.05) is 97.1 Å². The second kappa shape index (κ2) is 8.25. The summed E-state index contributed by atoms with van der Waals surface area (Å²) in [4.78, 5) is 4.78. The van der Waals surface area contributed by atoms with E-state index in [4.69, 9.17) is 9.72 Å². The second-order valence-electron chi connectivity index (χ2n) is 8.01. The number of pyridine rings is 1. The van der Waals surface area contributed by atoms with E-state index in [9.17, 15) is 0 Å². The molecule has 6 aromatic rings. The van der Waals surface area contributed by atoms with Crippen molar-refractivity contribution in [2.45, 2.75) is 0 Å². The Morgan fingerprint density at radius 2 is 1.03 bits per heavy atom. The molecule has 6 rings (SSSR count). The lowest BCUT2D eigenvalue weighted by Gasteiger charge is -2.17. The van der Waals surface area contributed by atoms with E-state index in [2.05, 4.69) is 91.0 Å². The smallest absolute Gasteiger partial charge is 0.144 e. The Balaban J connectivity index is 1.52. The van der Waals surface area contributed by atoms with Crippen molar-refractivity contribution in [2.75, 3.05) is 0 Å². The third-order valence-electron chi connectivity index (χ3n) is 5.97. The molecule has 0 aliphatic heterocycles. The molecule has 1 heterocycles. The summed E-state index contributed by atoms with van der Waals surface area (Å²) in [6.45, 7) is 0. The highest BCUT2D eigenvalue weighted by Gasteiger charge is 2.17. The SMILES string of the molecule is c1ccc(-c2ccc(Oc3c4ccccc4c(-c4ccccc4)c4ncccc34)cc2)cc1. The molecule has 156 valence electrons. The van der Waals surface area contributed by atoms with E-state index in [0.29, 0.717) is 0 Å². The molecule has 0 amide bonds. The molecule has 0 aliphatic carbocycles. The lowest BCUT2D eigenvalue weighted by Crippen LogP contribution is -1.93. The Kier molecular flexibility index (Phi) is 4.82. The molecule has 33 heavy (non-hydrogen) atoms. The van der Waals surface area contributed by atoms with Gasteiger partial charge in [0.1, 0.15) is 11.5 Å². The van der Waals surface area contributed by atoms with Crippen LogP contribution >= 0.6 is 0 Å². The van der Waals surface area contributed by atoms with Crippen molar-refractivity contribution in [1.82, 2.24) is 4.98 Å². The first-order valence-electron chi connectivity index (χ1n) is 11.1. The minimum absolute atomic E-state index is 0.803. The summed E-state index contributed by atoms with van der Waals surface area (Å²) in [5.41, 5.74) is 5.58. The third-order valence-corrected chi connectivity index (χ3v) is 5.97. The lowest BCUT2D eigenvalue weighted by molar-refractivity contribution is 0.494. The zero-order valence-electron chi connectivity index (χ0n) is 18.0. The summed E-state index contributed by atoms with van der Waals surface area (Å²) in [7, 11) is 0. The largest absolute Gasteiger partial charge is 0.456 e. The van der Waals surface area contributed by atoms with Gasteiger partial charge in [0, 0.05) is 22.5 Å². The predicted molar refractivity (Wildman–Crippen MR) is 137 cm³/mol. The Morgan fingerprint density at radius 1 is 0.455 bits per heavy atom. The molecule has 0 saturated carbocycles. The number of benzene rings is 5. The predicted octanol–water partition coefficient (Wildman–Crippen LogP) is 8.51. The molecule has 0 aliphatic rings. The van der Waals surface area contributed by atoms with Crippen molar-refractivity contribution in [3.8, 4) is 33.8 Å². The van der Waals surface area contributed by atoms with E-state index in [-0.39, 0.29) is 0 Å². The first kappa shape index (κ1) is 19.3. The van der Waals surface area contributed by atoms with Crippen LogP contribution in [-0.2, 0) is 0 Å². The van der Waals surface area contributed by atoms with Gasteiger partial charge in [-0.15, -0.1) is 0 Å². The molecule has 0 unspecified atom stereocenters. The number of fused-ring (bicyclic) bond motifs is 2. The molecule has 0 fully saturated rings. The molecule has 5 aromatic carbocycles. The lowest BCUT2D eigenvalue weighted by atomic mass is 9.94. The van der Waals surface area contributed by atoms with Gasteiger partial charge in [0.05, 0.1) is 5.52 Å². The minimum Gasteiger partial charge on any atom is -0.456 e. The summed E-state index contributed by atoms with van der Waals surface area (Å²) < 4.78 is 6.55. The number of hydrogen-bond acceptors (Lipinski definition) is 2. The van der Waals surface area contributed by atoms with Crippen molar-refractivity contribution in [1.29, 1.82) is 0 Å². The van der Waals surface area contributed by atoms with Gasteiger partial charge in [-0.3, -0.25) is 4.98 Å². The van der Waals surface area contributed by atoms with Gasteiger partial charge in [-0.2, -0.15) is 0 Å². The fourth-order valence-electron chi connectivity index (χ4n) is 4.43. The molecule has 0 saturated heterocycles. The van der Waals surface area contributed by atoms with Gasteiger partial charge in [0.25, 0.3) is 0 Å². The average molecular weight is 424 g/mol. The molecule has 0 N–H and O–H groups in total. The molecule has 2 heteroatoms. The molecular weight excluding hydrogens is 402 g/mol. The first-order chi connectivity index (χ1) is 16.4. The van der Waals surface area contributed by atoms with Crippen LogP contribution in [0.1, 0.15) is 0 Å². The third kappa shape index (κ3) is 3.52. The molecule has 0 spiro atoms. The van der Waals surface area contributed by atoms with E-state index >= 15 is 0 Å². The van der Waals surface area contributed by atoms with Crippen LogP contribution < -0.4 is 4.74 Å². The minimum atomic E-state index is 0.803. The van der Waals surface area contributed by atoms with Crippen LogP contribution in [0.3, 0.4) is 0 Å². The van der Waals surface area contributed by atoms with E-state index < -0.39 is 0 Å². The Bertz CT molecular complexity index is 1500. The number of aromatic nitrogens is 1. The Labute approximate surface area is 192 Å². The first-order valence-corrected chi connectivity index (χ1v) is 11.1. The molecule has 0 radical (unpaired) electrons. The van der Waals surface area contributed by atoms with E-state index in [1.807, 2.05) is 36.5 Å². The highest BCUT2D eigenvalue weighted by atomic mass is 16.5. The summed E-state index contributed by atoms with van der Waals surface area (Å²) in [5.74, 6) is 1.64. The quantitative estimate of drug-likeness (QED) is 0.265. The number of rotatable bonds is 4. The van der Waals surface area contributed by atoms with E-state index in [1.165, 1.54) is 11.1 Å². The summed E-state index contributed by atoms with van der Waals surface area (Å²) in [6, 6.07) is 41.6. The van der Waals surface area contributed by atoms with Crippen molar-refractivity contribution >= 4 is 21.7 Å². The summed E-state index contributed by atoms with van der Waals surface area (Å²) >= 11 is 0. The monoisotopic (exact) mass is 423 g/mol. The molecule has 0 bridgehead atoms. The van der Waals surface area contributed by atoms with Gasteiger partial charge in [0.15, 0.2) is 0 Å². The van der Waals surface area contributed by atoms with Gasteiger partial charge in [-0.05, 0) is 46.3 Å². The maximum Gasteiger partial charge on any atom is 0.144 e. The number of hydrogen-bond donors (Lipinski definition) is 0. The van der Waals surface area contributed by atoms with Crippen molar-refractivity contribution < 1.29 is 4.74 Å². The van der Waals surface area contributed by atoms with Crippen LogP contribution in [0.15, 0.2) is 128 Å². The maximum absolute atomic E-state index is 6.55. The second-order valence-corrected chi connectivity index (χ2v) is 8.01. The molecular formula is C31H21NO. The fourth-order valence-corrected chi connectivity index (χ4v) is 4.43. The average Bonchev–Trinajstić information content (AvgIpc) is 2.90. The van der Waals surface area contributed by atoms with Gasteiger partial charge in [-0.25, -0.2) is 0 Å². The van der Waals surface area contributed by atoms with Crippen LogP contribution in [0.2, 0.25) is 0 Å². The van der Waals surface area contributed by atoms with Crippen LogP contribution in [-0.4, -0.2) is 4.98 Å². The number of ether oxygens (including phenoxy) is 1. The van der Waals surface area contributed by atoms with E-state index in [0.717, 1.165) is 44.3 Å². The Hall–Kier alpha value is -4.43. The highest BCUT2D eigenvalue weighted by Crippen LogP contribution is 2.43. The standard InChI is InChI=1S/C31H21NO/c1-3-10-22(11-4-1)23-17-19-25(20-18-23)33-31-27-15-8-7-14-26(27)29(24-12-5-2-6-13-24)30-28(31)16-9-21-32-30/h1-21H. The number of nitrogens with zero attached hydrogens (tertiary/aromatic N) is 1. The van der Waals surface area contributed by atoms with Gasteiger partial charge < -0.3 is 4.74 Å². The van der Waals surface area contributed by atoms with E-state index in [1.54, 1.807) is 0 Å². The zero-order valence-corrected chi connectivity index (χ0v) is 18.0.